The molecule has 0 unspecified atom stereocenters. The number of nitrogens with zero attached hydrogens (tertiary/aromatic N) is 3. The van der Waals surface area contributed by atoms with Crippen molar-refractivity contribution in [1.29, 1.82) is 0 Å². The van der Waals surface area contributed by atoms with Gasteiger partial charge in [-0.2, -0.15) is 5.10 Å². The maximum Gasteiger partial charge on any atom is 0.272 e. The Balaban J connectivity index is 1.36. The SMILES string of the molecule is CCNC(=O)c1nn(CC2CC2)c2c1CN(C(=O)[C@@H]1COc3ccccc3O1)CC2. The van der Waals surface area contributed by atoms with E-state index in [4.69, 9.17) is 9.47 Å². The Hall–Kier alpha value is -3.03. The van der Waals surface area contributed by atoms with Crippen LogP contribution in [-0.2, 0) is 24.3 Å². The molecule has 158 valence electrons. The Bertz CT molecular complexity index is 982. The lowest BCUT2D eigenvalue weighted by Crippen LogP contribution is -2.48. The number of ether oxygens (including phenoxy) is 2. The fourth-order valence-corrected chi connectivity index (χ4v) is 4.15. The van der Waals surface area contributed by atoms with Crippen molar-refractivity contribution < 1.29 is 19.1 Å². The van der Waals surface area contributed by atoms with Gasteiger partial charge in [-0.1, -0.05) is 12.1 Å². The van der Waals surface area contributed by atoms with Gasteiger partial charge >= 0.3 is 0 Å². The molecule has 1 saturated carbocycles. The van der Waals surface area contributed by atoms with Gasteiger partial charge in [0, 0.05) is 43.9 Å². The zero-order chi connectivity index (χ0) is 20.7. The van der Waals surface area contributed by atoms with Crippen LogP contribution < -0.4 is 14.8 Å². The van der Waals surface area contributed by atoms with Gasteiger partial charge in [-0.3, -0.25) is 14.3 Å². The molecule has 2 amide bonds. The second kappa shape index (κ2) is 7.66. The van der Waals surface area contributed by atoms with Crippen LogP contribution >= 0.6 is 0 Å². The number of hydrogen-bond donors (Lipinski definition) is 1. The van der Waals surface area contributed by atoms with Gasteiger partial charge in [-0.15, -0.1) is 0 Å². The molecule has 0 bridgehead atoms. The number of rotatable bonds is 5. The Kier molecular flexibility index (Phi) is 4.84. The number of amides is 2. The van der Waals surface area contributed by atoms with Gasteiger partial charge in [-0.25, -0.2) is 0 Å². The van der Waals surface area contributed by atoms with Gasteiger partial charge in [0.1, 0.15) is 6.61 Å². The van der Waals surface area contributed by atoms with Crippen molar-refractivity contribution >= 4 is 11.8 Å². The van der Waals surface area contributed by atoms with Gasteiger partial charge in [0.25, 0.3) is 11.8 Å². The Morgan fingerprint density at radius 3 is 2.80 bits per heavy atom. The smallest absolute Gasteiger partial charge is 0.272 e. The first-order valence-corrected chi connectivity index (χ1v) is 10.7. The van der Waals surface area contributed by atoms with Crippen LogP contribution in [0.25, 0.3) is 0 Å². The standard InChI is InChI=1S/C22H26N4O4/c1-2-23-21(27)20-15-12-25(10-9-16(15)26(24-20)11-14-7-8-14)22(28)19-13-29-17-5-3-4-6-18(17)30-19/h3-6,14,19H,2,7-13H2,1H3,(H,23,27)/t19-/m0/s1. The van der Waals surface area contributed by atoms with Gasteiger partial charge in [-0.05, 0) is 37.8 Å². The second-order valence-electron chi connectivity index (χ2n) is 8.13. The molecule has 8 nitrogen and oxygen atoms in total. The number of fused-ring (bicyclic) bond motifs is 2. The highest BCUT2D eigenvalue weighted by atomic mass is 16.6. The average molecular weight is 410 g/mol. The van der Waals surface area contributed by atoms with Crippen molar-refractivity contribution in [2.75, 3.05) is 19.7 Å². The van der Waals surface area contributed by atoms with E-state index in [1.807, 2.05) is 29.8 Å². The molecule has 1 aromatic carbocycles. The van der Waals surface area contributed by atoms with Gasteiger partial charge in [0.15, 0.2) is 17.2 Å². The lowest BCUT2D eigenvalue weighted by Gasteiger charge is -2.33. The first-order valence-electron chi connectivity index (χ1n) is 10.7. The molecule has 8 heteroatoms. The van der Waals surface area contributed by atoms with Crippen LogP contribution in [-0.4, -0.2) is 52.3 Å². The maximum absolute atomic E-state index is 13.2. The highest BCUT2D eigenvalue weighted by Crippen LogP contribution is 2.34. The van der Waals surface area contributed by atoms with Crippen LogP contribution in [0.2, 0.25) is 0 Å². The summed E-state index contributed by atoms with van der Waals surface area (Å²) in [4.78, 5) is 27.5. The molecule has 1 aromatic heterocycles. The van der Waals surface area contributed by atoms with Crippen LogP contribution in [0.3, 0.4) is 0 Å². The van der Waals surface area contributed by atoms with Gasteiger partial charge in [0.05, 0.1) is 0 Å². The number of nitrogens with one attached hydrogen (secondary N) is 1. The molecule has 1 N–H and O–H groups in total. The van der Waals surface area contributed by atoms with Crippen molar-refractivity contribution in [2.45, 2.75) is 45.4 Å². The average Bonchev–Trinajstić information content (AvgIpc) is 3.52. The van der Waals surface area contributed by atoms with E-state index in [0.717, 1.165) is 17.8 Å². The summed E-state index contributed by atoms with van der Waals surface area (Å²) in [5.74, 6) is 1.60. The highest BCUT2D eigenvalue weighted by molar-refractivity contribution is 5.94. The normalized spacial score (nSPS) is 19.9. The minimum Gasteiger partial charge on any atom is -0.485 e. The third-order valence-corrected chi connectivity index (χ3v) is 5.91. The first-order chi connectivity index (χ1) is 14.6. The summed E-state index contributed by atoms with van der Waals surface area (Å²) in [6.07, 6.45) is 2.44. The number of carbonyl (C=O) groups excluding carboxylic acids is 2. The first kappa shape index (κ1) is 19.0. The van der Waals surface area contributed by atoms with Gasteiger partial charge in [0.2, 0.25) is 6.10 Å². The fraction of sp³-hybridized carbons (Fsp3) is 0.500. The molecule has 5 rings (SSSR count). The van der Waals surface area contributed by atoms with Crippen LogP contribution in [0.1, 0.15) is 41.5 Å². The summed E-state index contributed by atoms with van der Waals surface area (Å²) in [5.41, 5.74) is 2.38. The number of hydrogen-bond acceptors (Lipinski definition) is 5. The summed E-state index contributed by atoms with van der Waals surface area (Å²) in [7, 11) is 0. The molecule has 1 fully saturated rings. The van der Waals surface area contributed by atoms with Gasteiger partial charge < -0.3 is 19.7 Å². The van der Waals surface area contributed by atoms with Crippen LogP contribution in [0, 0.1) is 5.92 Å². The molecule has 0 saturated heterocycles. The summed E-state index contributed by atoms with van der Waals surface area (Å²) in [6.45, 7) is 4.42. The summed E-state index contributed by atoms with van der Waals surface area (Å²) < 4.78 is 13.6. The molecule has 0 spiro atoms. The monoisotopic (exact) mass is 410 g/mol. The third-order valence-electron chi connectivity index (χ3n) is 5.91. The highest BCUT2D eigenvalue weighted by Gasteiger charge is 2.36. The van der Waals surface area contributed by atoms with Crippen molar-refractivity contribution in [3.63, 3.8) is 0 Å². The van der Waals surface area contributed by atoms with E-state index in [1.54, 1.807) is 11.0 Å². The Morgan fingerprint density at radius 2 is 2.03 bits per heavy atom. The predicted molar refractivity (Wildman–Crippen MR) is 108 cm³/mol. The molecule has 30 heavy (non-hydrogen) atoms. The van der Waals surface area contributed by atoms with E-state index in [-0.39, 0.29) is 18.4 Å². The largest absolute Gasteiger partial charge is 0.485 e. The number of benzene rings is 1. The fourth-order valence-electron chi connectivity index (χ4n) is 4.15. The molecule has 1 atom stereocenters. The molecular weight excluding hydrogens is 384 g/mol. The predicted octanol–water partition coefficient (Wildman–Crippen LogP) is 1.77. The van der Waals surface area contributed by atoms with E-state index >= 15 is 0 Å². The van der Waals surface area contributed by atoms with Crippen LogP contribution in [0.15, 0.2) is 24.3 Å². The van der Waals surface area contributed by atoms with E-state index in [9.17, 15) is 9.59 Å². The number of aromatic nitrogens is 2. The molecule has 2 aliphatic heterocycles. The topological polar surface area (TPSA) is 85.7 Å². The quantitative estimate of drug-likeness (QED) is 0.812. The third kappa shape index (κ3) is 3.51. The van der Waals surface area contributed by atoms with Crippen molar-refractivity contribution in [2.24, 2.45) is 5.92 Å². The van der Waals surface area contributed by atoms with Crippen molar-refractivity contribution in [3.05, 3.63) is 41.2 Å². The summed E-state index contributed by atoms with van der Waals surface area (Å²) >= 11 is 0. The van der Waals surface area contributed by atoms with Crippen LogP contribution in [0.5, 0.6) is 11.5 Å². The Morgan fingerprint density at radius 1 is 1.23 bits per heavy atom. The summed E-state index contributed by atoms with van der Waals surface area (Å²) in [5, 5.41) is 7.49. The zero-order valence-corrected chi connectivity index (χ0v) is 17.1. The number of carbonyl (C=O) groups is 2. The van der Waals surface area contributed by atoms with Crippen molar-refractivity contribution in [3.8, 4) is 11.5 Å². The minimum atomic E-state index is -0.684. The van der Waals surface area contributed by atoms with Crippen LogP contribution in [0.4, 0.5) is 0 Å². The minimum absolute atomic E-state index is 0.119. The second-order valence-corrected chi connectivity index (χ2v) is 8.13. The summed E-state index contributed by atoms with van der Waals surface area (Å²) in [6, 6.07) is 7.36. The van der Waals surface area contributed by atoms with E-state index in [0.29, 0.717) is 49.2 Å². The van der Waals surface area contributed by atoms with E-state index in [2.05, 4.69) is 10.4 Å². The molecule has 2 aromatic rings. The number of para-hydroxylation sites is 2. The maximum atomic E-state index is 13.2. The molecule has 0 radical (unpaired) electrons. The molecule has 1 aliphatic carbocycles. The van der Waals surface area contributed by atoms with Crippen molar-refractivity contribution in [1.82, 2.24) is 20.0 Å². The van der Waals surface area contributed by atoms with E-state index < -0.39 is 6.10 Å². The molecule has 3 aliphatic rings. The lowest BCUT2D eigenvalue weighted by molar-refractivity contribution is -0.142. The molecular formula is C22H26N4O4. The zero-order valence-electron chi connectivity index (χ0n) is 17.1. The molecule has 3 heterocycles. The van der Waals surface area contributed by atoms with E-state index in [1.165, 1.54) is 12.8 Å². The lowest BCUT2D eigenvalue weighted by atomic mass is 10.0. The Labute approximate surface area is 175 Å².